The van der Waals surface area contributed by atoms with Gasteiger partial charge in [0.2, 0.25) is 11.8 Å². The fraction of sp³-hybridized carbons (Fsp3) is 0.375. The summed E-state index contributed by atoms with van der Waals surface area (Å²) in [5.41, 5.74) is 1.67. The number of anilines is 2. The van der Waals surface area contributed by atoms with Crippen LogP contribution in [0.1, 0.15) is 51.4 Å². The first-order chi connectivity index (χ1) is 14.6. The minimum Gasteiger partial charge on any atom is -0.462 e. The molecule has 166 valence electrons. The van der Waals surface area contributed by atoms with Crippen molar-refractivity contribution in [3.05, 3.63) is 54.1 Å². The van der Waals surface area contributed by atoms with Crippen LogP contribution < -0.4 is 10.6 Å². The third kappa shape index (κ3) is 8.45. The van der Waals surface area contributed by atoms with E-state index in [4.69, 9.17) is 4.74 Å². The molecule has 7 heteroatoms. The Morgan fingerprint density at radius 1 is 1.00 bits per heavy atom. The molecule has 0 bridgehead atoms. The number of thioether (sulfide) groups is 1. The summed E-state index contributed by atoms with van der Waals surface area (Å²) in [6, 6.07) is 14.0. The van der Waals surface area contributed by atoms with E-state index in [9.17, 15) is 14.4 Å². The van der Waals surface area contributed by atoms with Gasteiger partial charge >= 0.3 is 5.97 Å². The molecule has 0 aromatic heterocycles. The predicted molar refractivity (Wildman–Crippen MR) is 125 cm³/mol. The zero-order valence-electron chi connectivity index (χ0n) is 18.7. The zero-order valence-corrected chi connectivity index (χ0v) is 19.5. The summed E-state index contributed by atoms with van der Waals surface area (Å²) in [6.45, 7) is 9.93. The monoisotopic (exact) mass is 442 g/mol. The normalized spacial score (nSPS) is 12.0. The van der Waals surface area contributed by atoms with Gasteiger partial charge in [-0.15, -0.1) is 11.8 Å². The second-order valence-corrected chi connectivity index (χ2v) is 9.77. The first kappa shape index (κ1) is 24.5. The molecule has 2 amide bonds. The molecule has 2 rings (SSSR count). The lowest BCUT2D eigenvalue weighted by Crippen LogP contribution is -2.22. The number of amides is 2. The highest BCUT2D eigenvalue weighted by atomic mass is 32.2. The van der Waals surface area contributed by atoms with Gasteiger partial charge in [0.25, 0.3) is 0 Å². The number of ether oxygens (including phenoxy) is 1. The minimum absolute atomic E-state index is 0.0355. The summed E-state index contributed by atoms with van der Waals surface area (Å²) in [5, 5.41) is 5.41. The number of hydrogen-bond acceptors (Lipinski definition) is 5. The van der Waals surface area contributed by atoms with E-state index in [1.807, 2.05) is 52.0 Å². The van der Waals surface area contributed by atoms with Gasteiger partial charge in [-0.1, -0.05) is 26.8 Å². The summed E-state index contributed by atoms with van der Waals surface area (Å²) >= 11 is 1.40. The van der Waals surface area contributed by atoms with E-state index in [2.05, 4.69) is 10.6 Å². The number of esters is 1. The van der Waals surface area contributed by atoms with Gasteiger partial charge in [0.1, 0.15) is 0 Å². The van der Waals surface area contributed by atoms with Crippen molar-refractivity contribution in [2.24, 2.45) is 5.41 Å². The van der Waals surface area contributed by atoms with Gasteiger partial charge in [-0.3, -0.25) is 9.59 Å². The Morgan fingerprint density at radius 3 is 2.29 bits per heavy atom. The molecule has 0 aliphatic heterocycles. The standard InChI is InChI=1S/C24H30N2O4S/c1-6-30-23(29)17-10-12-18(13-11-17)26-22(28)16(2)31-20-9-7-8-19(14-20)25-21(27)15-24(3,4)5/h7-14,16H,6,15H2,1-5H3,(H,25,27)(H,26,28). The van der Waals surface area contributed by atoms with Crippen molar-refractivity contribution in [1.82, 2.24) is 0 Å². The number of rotatable bonds is 8. The lowest BCUT2D eigenvalue weighted by Gasteiger charge is -2.17. The van der Waals surface area contributed by atoms with Crippen LogP contribution in [0, 0.1) is 5.41 Å². The molecule has 1 unspecified atom stereocenters. The van der Waals surface area contributed by atoms with Crippen LogP contribution in [0.2, 0.25) is 0 Å². The zero-order chi connectivity index (χ0) is 23.0. The minimum atomic E-state index is -0.390. The van der Waals surface area contributed by atoms with Gasteiger partial charge in [0.15, 0.2) is 0 Å². The van der Waals surface area contributed by atoms with E-state index in [-0.39, 0.29) is 22.5 Å². The van der Waals surface area contributed by atoms with Crippen LogP contribution in [0.15, 0.2) is 53.4 Å². The molecule has 0 heterocycles. The van der Waals surface area contributed by atoms with Crippen LogP contribution in [-0.2, 0) is 14.3 Å². The van der Waals surface area contributed by atoms with Gasteiger partial charge in [0, 0.05) is 22.7 Å². The fourth-order valence-electron chi connectivity index (χ4n) is 2.74. The molecular formula is C24H30N2O4S. The Balaban J connectivity index is 1.94. The Morgan fingerprint density at radius 2 is 1.68 bits per heavy atom. The van der Waals surface area contributed by atoms with Crippen LogP contribution in [0.3, 0.4) is 0 Å². The maximum Gasteiger partial charge on any atom is 0.338 e. The third-order valence-electron chi connectivity index (χ3n) is 4.15. The molecule has 1 atom stereocenters. The molecule has 0 saturated heterocycles. The molecule has 6 nitrogen and oxygen atoms in total. The molecule has 0 aliphatic carbocycles. The second kappa shape index (κ2) is 11.0. The third-order valence-corrected chi connectivity index (χ3v) is 5.25. The van der Waals surface area contributed by atoms with Gasteiger partial charge in [-0.2, -0.15) is 0 Å². The van der Waals surface area contributed by atoms with Crippen molar-refractivity contribution in [3.63, 3.8) is 0 Å². The van der Waals surface area contributed by atoms with E-state index in [0.717, 1.165) is 4.90 Å². The summed E-state index contributed by atoms with van der Waals surface area (Å²) < 4.78 is 4.95. The highest BCUT2D eigenvalue weighted by Gasteiger charge is 2.17. The van der Waals surface area contributed by atoms with Gasteiger partial charge < -0.3 is 15.4 Å². The van der Waals surface area contributed by atoms with Crippen molar-refractivity contribution in [3.8, 4) is 0 Å². The first-order valence-corrected chi connectivity index (χ1v) is 11.1. The van der Waals surface area contributed by atoms with Crippen molar-refractivity contribution >= 4 is 40.9 Å². The lowest BCUT2D eigenvalue weighted by molar-refractivity contribution is -0.118. The molecule has 2 aromatic rings. The maximum atomic E-state index is 12.6. The highest BCUT2D eigenvalue weighted by Crippen LogP contribution is 2.27. The average Bonchev–Trinajstić information content (AvgIpc) is 2.67. The molecule has 31 heavy (non-hydrogen) atoms. The second-order valence-electron chi connectivity index (χ2n) is 8.36. The topological polar surface area (TPSA) is 84.5 Å². The maximum absolute atomic E-state index is 12.6. The SMILES string of the molecule is CCOC(=O)c1ccc(NC(=O)C(C)Sc2cccc(NC(=O)CC(C)(C)C)c2)cc1. The van der Waals surface area contributed by atoms with E-state index in [0.29, 0.717) is 30.0 Å². The van der Waals surface area contributed by atoms with Gasteiger partial charge in [-0.05, 0) is 61.7 Å². The highest BCUT2D eigenvalue weighted by molar-refractivity contribution is 8.00. The van der Waals surface area contributed by atoms with Crippen molar-refractivity contribution < 1.29 is 19.1 Å². The Labute approximate surface area is 188 Å². The fourth-order valence-corrected chi connectivity index (χ4v) is 3.67. The Hall–Kier alpha value is -2.80. The quantitative estimate of drug-likeness (QED) is 0.425. The van der Waals surface area contributed by atoms with E-state index >= 15 is 0 Å². The molecule has 2 N–H and O–H groups in total. The largest absolute Gasteiger partial charge is 0.462 e. The average molecular weight is 443 g/mol. The summed E-state index contributed by atoms with van der Waals surface area (Å²) in [6.07, 6.45) is 0.429. The number of hydrogen-bond donors (Lipinski definition) is 2. The molecule has 0 fully saturated rings. The lowest BCUT2D eigenvalue weighted by atomic mass is 9.92. The van der Waals surface area contributed by atoms with Crippen molar-refractivity contribution in [1.29, 1.82) is 0 Å². The molecule has 0 radical (unpaired) electrons. The van der Waals surface area contributed by atoms with Crippen LogP contribution >= 0.6 is 11.8 Å². The molecule has 0 saturated carbocycles. The number of nitrogens with one attached hydrogen (secondary N) is 2. The van der Waals surface area contributed by atoms with Crippen LogP contribution in [0.5, 0.6) is 0 Å². The molecular weight excluding hydrogens is 412 g/mol. The summed E-state index contributed by atoms with van der Waals surface area (Å²) in [5.74, 6) is -0.582. The van der Waals surface area contributed by atoms with Crippen molar-refractivity contribution in [2.45, 2.75) is 51.2 Å². The van der Waals surface area contributed by atoms with Crippen LogP contribution in [0.4, 0.5) is 11.4 Å². The smallest absolute Gasteiger partial charge is 0.338 e. The van der Waals surface area contributed by atoms with Crippen molar-refractivity contribution in [2.75, 3.05) is 17.2 Å². The molecule has 2 aromatic carbocycles. The van der Waals surface area contributed by atoms with Gasteiger partial charge in [0.05, 0.1) is 17.4 Å². The van der Waals surface area contributed by atoms with Gasteiger partial charge in [-0.25, -0.2) is 4.79 Å². The number of carbonyl (C=O) groups excluding carboxylic acids is 3. The molecule has 0 spiro atoms. The van der Waals surface area contributed by atoms with Crippen LogP contribution in [0.25, 0.3) is 0 Å². The van der Waals surface area contributed by atoms with E-state index < -0.39 is 5.97 Å². The summed E-state index contributed by atoms with van der Waals surface area (Å²) in [4.78, 5) is 37.3. The molecule has 0 aliphatic rings. The van der Waals surface area contributed by atoms with E-state index in [1.54, 1.807) is 31.2 Å². The first-order valence-electron chi connectivity index (χ1n) is 10.2. The van der Waals surface area contributed by atoms with Crippen LogP contribution in [-0.4, -0.2) is 29.6 Å². The number of carbonyl (C=O) groups is 3. The number of benzene rings is 2. The predicted octanol–water partition coefficient (Wildman–Crippen LogP) is 5.36. The van der Waals surface area contributed by atoms with E-state index in [1.165, 1.54) is 11.8 Å². The Bertz CT molecular complexity index is 920. The Kier molecular flexibility index (Phi) is 8.68. The summed E-state index contributed by atoms with van der Waals surface area (Å²) in [7, 11) is 0.